The van der Waals surface area contributed by atoms with Gasteiger partial charge in [-0.15, -0.1) is 0 Å². The number of carbonyl (C=O) groups excluding carboxylic acids is 1. The zero-order valence-electron chi connectivity index (χ0n) is 6.30. The average molecular weight is 162 g/mol. The first-order valence-electron chi connectivity index (χ1n) is 3.57. The Balaban J connectivity index is 2.96. The molecule has 0 aliphatic carbocycles. The van der Waals surface area contributed by atoms with Crippen LogP contribution >= 0.6 is 11.8 Å². The number of unbranched alkanes of at least 4 members (excludes halogenated alkanes) is 2. The van der Waals surface area contributed by atoms with Crippen molar-refractivity contribution in [1.82, 2.24) is 0 Å². The highest BCUT2D eigenvalue weighted by molar-refractivity contribution is 8.13. The lowest BCUT2D eigenvalue weighted by atomic mass is 10.3. The molecule has 0 rings (SSSR count). The summed E-state index contributed by atoms with van der Waals surface area (Å²) in [6.45, 7) is 1.80. The number of aliphatic hydroxyl groups excluding tert-OH is 1. The van der Waals surface area contributed by atoms with E-state index in [1.165, 1.54) is 24.6 Å². The summed E-state index contributed by atoms with van der Waals surface area (Å²) in [5.74, 6) is 0.854. The van der Waals surface area contributed by atoms with Crippen molar-refractivity contribution in [3.05, 3.63) is 0 Å². The van der Waals surface area contributed by atoms with Crippen molar-refractivity contribution < 1.29 is 9.90 Å². The first-order chi connectivity index (χ1) is 4.81. The van der Waals surface area contributed by atoms with Gasteiger partial charge in [0.05, 0.1) is 0 Å². The predicted octanol–water partition coefficient (Wildman–Crippen LogP) is 1.43. The Hall–Kier alpha value is -0.0200. The molecule has 0 aliphatic heterocycles. The van der Waals surface area contributed by atoms with E-state index in [9.17, 15) is 4.79 Å². The van der Waals surface area contributed by atoms with Gasteiger partial charge in [-0.05, 0) is 6.42 Å². The molecule has 0 amide bonds. The normalized spacial score (nSPS) is 9.80. The number of aliphatic hydroxyl groups is 1. The summed E-state index contributed by atoms with van der Waals surface area (Å²) in [7, 11) is 0. The predicted molar refractivity (Wildman–Crippen MR) is 44.1 cm³/mol. The molecule has 0 aromatic carbocycles. The monoisotopic (exact) mass is 162 g/mol. The van der Waals surface area contributed by atoms with Crippen LogP contribution < -0.4 is 0 Å². The van der Waals surface area contributed by atoms with E-state index >= 15 is 0 Å². The largest absolute Gasteiger partial charge is 0.388 e. The molecule has 0 heterocycles. The Labute approximate surface area is 66.0 Å². The van der Waals surface area contributed by atoms with Gasteiger partial charge in [0.15, 0.2) is 0 Å². The van der Waals surface area contributed by atoms with Gasteiger partial charge in [-0.2, -0.15) is 0 Å². The molecular weight excluding hydrogens is 148 g/mol. The van der Waals surface area contributed by atoms with E-state index in [1.54, 1.807) is 0 Å². The van der Waals surface area contributed by atoms with Crippen molar-refractivity contribution in [2.45, 2.75) is 26.2 Å². The van der Waals surface area contributed by atoms with Crippen LogP contribution in [0.4, 0.5) is 0 Å². The third-order valence-corrected chi connectivity index (χ3v) is 2.08. The van der Waals surface area contributed by atoms with Crippen LogP contribution in [0.3, 0.4) is 0 Å². The summed E-state index contributed by atoms with van der Waals surface area (Å²) in [5.41, 5.74) is 0. The van der Waals surface area contributed by atoms with Crippen molar-refractivity contribution in [1.29, 1.82) is 0 Å². The van der Waals surface area contributed by atoms with Gasteiger partial charge in [-0.25, -0.2) is 0 Å². The Kier molecular flexibility index (Phi) is 7.08. The minimum absolute atomic E-state index is 0.115. The molecule has 0 unspecified atom stereocenters. The zero-order chi connectivity index (χ0) is 7.82. The number of rotatable bonds is 5. The molecule has 1 N–H and O–H groups in total. The first-order valence-corrected chi connectivity index (χ1v) is 4.56. The standard InChI is InChI=1S/C7H14O2S/c1-2-3-4-5-10-7(9)6-8/h8H,2-6H2,1H3. The zero-order valence-corrected chi connectivity index (χ0v) is 7.12. The van der Waals surface area contributed by atoms with Crippen molar-refractivity contribution >= 4 is 16.9 Å². The van der Waals surface area contributed by atoms with Crippen LogP contribution in [0.1, 0.15) is 26.2 Å². The van der Waals surface area contributed by atoms with Crippen LogP contribution in [0.25, 0.3) is 0 Å². The van der Waals surface area contributed by atoms with Crippen LogP contribution in [-0.4, -0.2) is 22.6 Å². The smallest absolute Gasteiger partial charge is 0.214 e. The molecule has 0 aromatic rings. The lowest BCUT2D eigenvalue weighted by Crippen LogP contribution is -1.98. The molecule has 0 aromatic heterocycles. The fourth-order valence-electron chi connectivity index (χ4n) is 0.584. The molecule has 0 atom stereocenters. The highest BCUT2D eigenvalue weighted by Gasteiger charge is 1.97. The number of thioether (sulfide) groups is 1. The third kappa shape index (κ3) is 6.11. The minimum Gasteiger partial charge on any atom is -0.388 e. The number of carbonyl (C=O) groups is 1. The van der Waals surface area contributed by atoms with E-state index in [2.05, 4.69) is 6.92 Å². The summed E-state index contributed by atoms with van der Waals surface area (Å²) in [6, 6.07) is 0. The summed E-state index contributed by atoms with van der Waals surface area (Å²) >= 11 is 1.23. The maximum atomic E-state index is 10.5. The van der Waals surface area contributed by atoms with Crippen molar-refractivity contribution in [2.24, 2.45) is 0 Å². The Morgan fingerprint density at radius 2 is 2.20 bits per heavy atom. The van der Waals surface area contributed by atoms with Gasteiger partial charge in [-0.1, -0.05) is 31.5 Å². The topological polar surface area (TPSA) is 37.3 Å². The second kappa shape index (κ2) is 7.09. The molecule has 0 radical (unpaired) electrons. The van der Waals surface area contributed by atoms with E-state index < -0.39 is 0 Å². The van der Waals surface area contributed by atoms with Crippen LogP contribution in [0.5, 0.6) is 0 Å². The van der Waals surface area contributed by atoms with Gasteiger partial charge in [-0.3, -0.25) is 4.79 Å². The van der Waals surface area contributed by atoms with Crippen LogP contribution in [0, 0.1) is 0 Å². The average Bonchev–Trinajstić information content (AvgIpc) is 1.98. The molecule has 3 heteroatoms. The summed E-state index contributed by atoms with van der Waals surface area (Å²) < 4.78 is 0. The lowest BCUT2D eigenvalue weighted by Gasteiger charge is -1.95. The van der Waals surface area contributed by atoms with Crippen LogP contribution in [0.2, 0.25) is 0 Å². The second-order valence-electron chi connectivity index (χ2n) is 2.09. The fraction of sp³-hybridized carbons (Fsp3) is 0.857. The van der Waals surface area contributed by atoms with Gasteiger partial charge in [0.1, 0.15) is 6.61 Å². The SMILES string of the molecule is CCCCCSC(=O)CO. The minimum atomic E-state index is -0.323. The molecule has 2 nitrogen and oxygen atoms in total. The molecule has 0 spiro atoms. The van der Waals surface area contributed by atoms with Gasteiger partial charge >= 0.3 is 0 Å². The number of hydrogen-bond donors (Lipinski definition) is 1. The molecule has 0 fully saturated rings. The van der Waals surface area contributed by atoms with Gasteiger partial charge in [0, 0.05) is 5.75 Å². The van der Waals surface area contributed by atoms with Crippen molar-refractivity contribution in [3.8, 4) is 0 Å². The Morgan fingerprint density at radius 1 is 1.50 bits per heavy atom. The molecule has 60 valence electrons. The highest BCUT2D eigenvalue weighted by atomic mass is 32.2. The summed E-state index contributed by atoms with van der Waals surface area (Å²) in [5, 5.41) is 8.21. The van der Waals surface area contributed by atoms with Crippen LogP contribution in [0.15, 0.2) is 0 Å². The number of hydrogen-bond acceptors (Lipinski definition) is 3. The summed E-state index contributed by atoms with van der Waals surface area (Å²) in [4.78, 5) is 10.5. The van der Waals surface area contributed by atoms with Gasteiger partial charge < -0.3 is 5.11 Å². The van der Waals surface area contributed by atoms with E-state index in [1.807, 2.05) is 0 Å². The maximum Gasteiger partial charge on any atom is 0.214 e. The van der Waals surface area contributed by atoms with E-state index in [0.717, 1.165) is 12.2 Å². The van der Waals surface area contributed by atoms with Crippen LogP contribution in [-0.2, 0) is 4.79 Å². The molecule has 0 bridgehead atoms. The quantitative estimate of drug-likeness (QED) is 0.621. The molecule has 0 aliphatic rings. The van der Waals surface area contributed by atoms with Gasteiger partial charge in [0.2, 0.25) is 5.12 Å². The summed E-state index contributed by atoms with van der Waals surface area (Å²) in [6.07, 6.45) is 3.42. The first kappa shape index (κ1) is 9.98. The molecule has 0 saturated heterocycles. The van der Waals surface area contributed by atoms with E-state index in [4.69, 9.17) is 5.11 Å². The van der Waals surface area contributed by atoms with Crippen molar-refractivity contribution in [3.63, 3.8) is 0 Å². The van der Waals surface area contributed by atoms with Gasteiger partial charge in [0.25, 0.3) is 0 Å². The molecular formula is C7H14O2S. The van der Waals surface area contributed by atoms with Crippen molar-refractivity contribution in [2.75, 3.05) is 12.4 Å². The molecule has 0 saturated carbocycles. The maximum absolute atomic E-state index is 10.5. The molecule has 10 heavy (non-hydrogen) atoms. The Morgan fingerprint density at radius 3 is 2.70 bits per heavy atom. The van der Waals surface area contributed by atoms with E-state index in [-0.39, 0.29) is 11.7 Å². The second-order valence-corrected chi connectivity index (χ2v) is 3.24. The third-order valence-electron chi connectivity index (χ3n) is 1.14. The lowest BCUT2D eigenvalue weighted by molar-refractivity contribution is -0.113. The Bertz CT molecular complexity index is 93.6. The van der Waals surface area contributed by atoms with E-state index in [0.29, 0.717) is 0 Å². The fourth-order valence-corrected chi connectivity index (χ4v) is 1.25. The highest BCUT2D eigenvalue weighted by Crippen LogP contribution is 2.06.